The van der Waals surface area contributed by atoms with Gasteiger partial charge in [0.05, 0.1) is 6.10 Å². The number of anilines is 2. The van der Waals surface area contributed by atoms with Gasteiger partial charge in [0.25, 0.3) is 0 Å². The van der Waals surface area contributed by atoms with Crippen molar-refractivity contribution in [2.45, 2.75) is 44.8 Å². The number of aromatic nitrogens is 1. The molecule has 1 heterocycles. The van der Waals surface area contributed by atoms with Crippen molar-refractivity contribution in [3.05, 3.63) is 18.3 Å². The van der Waals surface area contributed by atoms with Crippen LogP contribution >= 0.6 is 0 Å². The van der Waals surface area contributed by atoms with E-state index in [2.05, 4.69) is 22.5 Å². The molecular formula is C13H21N3O. The first-order valence-corrected chi connectivity index (χ1v) is 6.42. The number of nitrogens with zero attached hydrogens (tertiary/aromatic N) is 1. The summed E-state index contributed by atoms with van der Waals surface area (Å²) in [7, 11) is 0. The summed E-state index contributed by atoms with van der Waals surface area (Å²) in [4.78, 5) is 4.24. The Morgan fingerprint density at radius 1 is 1.35 bits per heavy atom. The molecule has 1 aromatic rings. The molecule has 0 unspecified atom stereocenters. The molecule has 1 aliphatic carbocycles. The zero-order chi connectivity index (χ0) is 12.1. The van der Waals surface area contributed by atoms with Crippen LogP contribution in [0.15, 0.2) is 18.3 Å². The number of pyridine rings is 1. The van der Waals surface area contributed by atoms with Crippen LogP contribution in [0, 0.1) is 0 Å². The molecule has 1 aliphatic rings. The molecule has 17 heavy (non-hydrogen) atoms. The van der Waals surface area contributed by atoms with Crippen molar-refractivity contribution in [3.63, 3.8) is 0 Å². The van der Waals surface area contributed by atoms with Gasteiger partial charge in [-0.05, 0) is 38.7 Å². The topological polar surface area (TPSA) is 57.2 Å². The monoisotopic (exact) mass is 235 g/mol. The van der Waals surface area contributed by atoms with Crippen LogP contribution < -0.4 is 10.6 Å². The smallest absolute Gasteiger partial charge is 0.127 e. The first-order chi connectivity index (χ1) is 8.28. The van der Waals surface area contributed by atoms with Crippen LogP contribution in [0.2, 0.25) is 0 Å². The molecule has 0 radical (unpaired) electrons. The third-order valence-corrected chi connectivity index (χ3v) is 3.19. The van der Waals surface area contributed by atoms with Crippen LogP contribution in [-0.2, 0) is 0 Å². The van der Waals surface area contributed by atoms with Gasteiger partial charge in [0, 0.05) is 30.5 Å². The van der Waals surface area contributed by atoms with E-state index < -0.39 is 0 Å². The van der Waals surface area contributed by atoms with Gasteiger partial charge >= 0.3 is 0 Å². The zero-order valence-corrected chi connectivity index (χ0v) is 10.3. The lowest BCUT2D eigenvalue weighted by Crippen LogP contribution is -2.28. The van der Waals surface area contributed by atoms with Gasteiger partial charge in [0.1, 0.15) is 5.82 Å². The van der Waals surface area contributed by atoms with Crippen molar-refractivity contribution >= 4 is 11.5 Å². The Balaban J connectivity index is 1.91. The van der Waals surface area contributed by atoms with Crippen molar-refractivity contribution in [2.24, 2.45) is 0 Å². The van der Waals surface area contributed by atoms with Crippen LogP contribution in [0.1, 0.15) is 32.6 Å². The van der Waals surface area contributed by atoms with Crippen LogP contribution in [0.4, 0.5) is 11.5 Å². The molecule has 0 aromatic carbocycles. The van der Waals surface area contributed by atoms with Gasteiger partial charge < -0.3 is 15.7 Å². The molecule has 1 saturated carbocycles. The molecule has 94 valence electrons. The molecule has 0 amide bonds. The highest BCUT2D eigenvalue weighted by Gasteiger charge is 2.18. The summed E-state index contributed by atoms with van der Waals surface area (Å²) in [6.07, 6.45) is 5.62. The lowest BCUT2D eigenvalue weighted by Gasteiger charge is -2.27. The summed E-state index contributed by atoms with van der Waals surface area (Å²) in [5.74, 6) is 0.911. The third-order valence-electron chi connectivity index (χ3n) is 3.19. The van der Waals surface area contributed by atoms with E-state index in [0.29, 0.717) is 6.04 Å². The van der Waals surface area contributed by atoms with Gasteiger partial charge in [-0.2, -0.15) is 0 Å². The Morgan fingerprint density at radius 3 is 2.82 bits per heavy atom. The Bertz CT molecular complexity index is 348. The molecule has 0 spiro atoms. The number of rotatable bonds is 4. The first-order valence-electron chi connectivity index (χ1n) is 6.42. The standard InChI is InChI=1S/C13H21N3O/c1-2-14-13-9-11(7-8-15-13)16-10-3-5-12(17)6-4-10/h7-10,12,17H,2-6H2,1H3,(H2,14,15,16). The third kappa shape index (κ3) is 3.60. The highest BCUT2D eigenvalue weighted by atomic mass is 16.3. The molecule has 2 rings (SSSR count). The van der Waals surface area contributed by atoms with E-state index in [9.17, 15) is 5.11 Å². The van der Waals surface area contributed by atoms with E-state index in [-0.39, 0.29) is 6.10 Å². The van der Waals surface area contributed by atoms with E-state index in [1.807, 2.05) is 18.3 Å². The van der Waals surface area contributed by atoms with Crippen molar-refractivity contribution in [1.29, 1.82) is 0 Å². The summed E-state index contributed by atoms with van der Waals surface area (Å²) < 4.78 is 0. The largest absolute Gasteiger partial charge is 0.393 e. The predicted octanol–water partition coefficient (Wildman–Crippen LogP) is 2.23. The van der Waals surface area contributed by atoms with E-state index >= 15 is 0 Å². The molecule has 0 bridgehead atoms. The molecule has 0 saturated heterocycles. The Kier molecular flexibility index (Phi) is 4.20. The lowest BCUT2D eigenvalue weighted by atomic mass is 9.93. The molecule has 4 nitrogen and oxygen atoms in total. The predicted molar refractivity (Wildman–Crippen MR) is 70.3 cm³/mol. The average molecular weight is 235 g/mol. The molecule has 4 heteroatoms. The minimum atomic E-state index is -0.0946. The summed E-state index contributed by atoms with van der Waals surface area (Å²) in [6.45, 7) is 2.94. The average Bonchev–Trinajstić information content (AvgIpc) is 2.33. The Labute approximate surface area is 102 Å². The quantitative estimate of drug-likeness (QED) is 0.749. The molecule has 0 aliphatic heterocycles. The molecule has 3 N–H and O–H groups in total. The van der Waals surface area contributed by atoms with E-state index in [4.69, 9.17) is 0 Å². The van der Waals surface area contributed by atoms with E-state index in [0.717, 1.165) is 43.7 Å². The fourth-order valence-corrected chi connectivity index (χ4v) is 2.25. The second kappa shape index (κ2) is 5.87. The maximum absolute atomic E-state index is 9.46. The summed E-state index contributed by atoms with van der Waals surface area (Å²) in [5.41, 5.74) is 1.11. The number of aliphatic hydroxyl groups excluding tert-OH is 1. The zero-order valence-electron chi connectivity index (χ0n) is 10.3. The molecule has 1 fully saturated rings. The number of aliphatic hydroxyl groups is 1. The van der Waals surface area contributed by atoms with E-state index in [1.54, 1.807) is 0 Å². The van der Waals surface area contributed by atoms with Gasteiger partial charge in [-0.25, -0.2) is 4.98 Å². The summed E-state index contributed by atoms with van der Waals surface area (Å²) >= 11 is 0. The lowest BCUT2D eigenvalue weighted by molar-refractivity contribution is 0.126. The maximum Gasteiger partial charge on any atom is 0.127 e. The molecule has 0 atom stereocenters. The van der Waals surface area contributed by atoms with Gasteiger partial charge in [-0.3, -0.25) is 0 Å². The van der Waals surface area contributed by atoms with Gasteiger partial charge in [0.15, 0.2) is 0 Å². The summed E-state index contributed by atoms with van der Waals surface area (Å²) in [6, 6.07) is 4.51. The fourth-order valence-electron chi connectivity index (χ4n) is 2.25. The van der Waals surface area contributed by atoms with Crippen LogP contribution in [0.3, 0.4) is 0 Å². The van der Waals surface area contributed by atoms with Crippen LogP contribution in [-0.4, -0.2) is 28.8 Å². The van der Waals surface area contributed by atoms with Crippen molar-refractivity contribution in [3.8, 4) is 0 Å². The van der Waals surface area contributed by atoms with Crippen molar-refractivity contribution in [2.75, 3.05) is 17.2 Å². The minimum Gasteiger partial charge on any atom is -0.393 e. The number of hydrogen-bond donors (Lipinski definition) is 3. The second-order valence-electron chi connectivity index (χ2n) is 4.61. The fraction of sp³-hybridized carbons (Fsp3) is 0.615. The van der Waals surface area contributed by atoms with Gasteiger partial charge in [0.2, 0.25) is 0 Å². The highest BCUT2D eigenvalue weighted by Crippen LogP contribution is 2.22. The number of hydrogen-bond acceptors (Lipinski definition) is 4. The molecular weight excluding hydrogens is 214 g/mol. The van der Waals surface area contributed by atoms with Gasteiger partial charge in [-0.1, -0.05) is 0 Å². The van der Waals surface area contributed by atoms with E-state index in [1.165, 1.54) is 0 Å². The van der Waals surface area contributed by atoms with Crippen molar-refractivity contribution in [1.82, 2.24) is 4.98 Å². The van der Waals surface area contributed by atoms with Crippen molar-refractivity contribution < 1.29 is 5.11 Å². The maximum atomic E-state index is 9.46. The molecule has 1 aromatic heterocycles. The van der Waals surface area contributed by atoms with Crippen LogP contribution in [0.25, 0.3) is 0 Å². The summed E-state index contributed by atoms with van der Waals surface area (Å²) in [5, 5.41) is 16.2. The normalized spacial score (nSPS) is 24.4. The SMILES string of the molecule is CCNc1cc(NC2CCC(O)CC2)ccn1. The minimum absolute atomic E-state index is 0.0946. The second-order valence-corrected chi connectivity index (χ2v) is 4.61. The van der Waals surface area contributed by atoms with Gasteiger partial charge in [-0.15, -0.1) is 0 Å². The first kappa shape index (κ1) is 12.2. The Hall–Kier alpha value is -1.29. The highest BCUT2D eigenvalue weighted by molar-refractivity contribution is 5.52. The van der Waals surface area contributed by atoms with Crippen LogP contribution in [0.5, 0.6) is 0 Å². The number of nitrogens with one attached hydrogen (secondary N) is 2. The Morgan fingerprint density at radius 2 is 2.12 bits per heavy atom.